The van der Waals surface area contributed by atoms with Crippen molar-refractivity contribution in [3.05, 3.63) is 35.4 Å². The van der Waals surface area contributed by atoms with Crippen LogP contribution in [0.5, 0.6) is 0 Å². The predicted molar refractivity (Wildman–Crippen MR) is 60.5 cm³/mol. The Morgan fingerprint density at radius 3 is 2.44 bits per heavy atom. The lowest BCUT2D eigenvalue weighted by molar-refractivity contribution is -0.150. The van der Waals surface area contributed by atoms with E-state index in [-0.39, 0.29) is 5.97 Å². The number of carbonyl (C=O) groups is 1. The lowest BCUT2D eigenvalue weighted by atomic mass is 9.97. The summed E-state index contributed by atoms with van der Waals surface area (Å²) in [5.74, 6) is 5.26. The molecule has 0 unspecified atom stereocenters. The molecule has 0 saturated heterocycles. The van der Waals surface area contributed by atoms with Crippen molar-refractivity contribution in [1.29, 1.82) is 0 Å². The Labute approximate surface area is 94.8 Å². The minimum Gasteiger partial charge on any atom is -0.465 e. The number of ether oxygens (including phenoxy) is 1. The van der Waals surface area contributed by atoms with Crippen LogP contribution >= 0.6 is 0 Å². The first-order chi connectivity index (χ1) is 7.72. The van der Waals surface area contributed by atoms with E-state index in [1.807, 2.05) is 24.3 Å². The molecule has 0 aliphatic heterocycles. The van der Waals surface area contributed by atoms with Crippen LogP contribution < -0.4 is 11.3 Å². The van der Waals surface area contributed by atoms with Gasteiger partial charge in [0, 0.05) is 12.8 Å². The fraction of sp³-hybridized carbons (Fsp3) is 0.417. The van der Waals surface area contributed by atoms with E-state index in [0.29, 0.717) is 19.4 Å². The van der Waals surface area contributed by atoms with Gasteiger partial charge in [-0.15, -0.1) is 0 Å². The van der Waals surface area contributed by atoms with E-state index in [2.05, 4.69) is 5.43 Å². The van der Waals surface area contributed by atoms with Crippen molar-refractivity contribution in [3.8, 4) is 0 Å². The van der Waals surface area contributed by atoms with Gasteiger partial charge in [0.2, 0.25) is 0 Å². The van der Waals surface area contributed by atoms with Gasteiger partial charge in [-0.3, -0.25) is 5.84 Å². The molecule has 1 aliphatic carbocycles. The molecule has 0 bridgehead atoms. The molecule has 0 spiro atoms. The van der Waals surface area contributed by atoms with Crippen molar-refractivity contribution in [3.63, 3.8) is 0 Å². The van der Waals surface area contributed by atoms with Crippen LogP contribution in [0.1, 0.15) is 18.1 Å². The smallest absolute Gasteiger partial charge is 0.328 e. The first-order valence-corrected chi connectivity index (χ1v) is 5.43. The minimum atomic E-state index is -0.778. The van der Waals surface area contributed by atoms with Gasteiger partial charge in [-0.25, -0.2) is 10.2 Å². The van der Waals surface area contributed by atoms with Crippen LogP contribution in [-0.4, -0.2) is 18.1 Å². The van der Waals surface area contributed by atoms with Crippen LogP contribution in [0.3, 0.4) is 0 Å². The van der Waals surface area contributed by atoms with E-state index in [1.165, 1.54) is 0 Å². The second kappa shape index (κ2) is 4.23. The van der Waals surface area contributed by atoms with Crippen LogP contribution in [0.2, 0.25) is 0 Å². The molecular formula is C12H16N2O2. The lowest BCUT2D eigenvalue weighted by Gasteiger charge is -2.25. The molecule has 0 heterocycles. The van der Waals surface area contributed by atoms with Crippen LogP contribution in [0.4, 0.5) is 0 Å². The van der Waals surface area contributed by atoms with Crippen LogP contribution in [0.25, 0.3) is 0 Å². The van der Waals surface area contributed by atoms with Crippen molar-refractivity contribution in [2.24, 2.45) is 5.84 Å². The van der Waals surface area contributed by atoms with Crippen molar-refractivity contribution < 1.29 is 9.53 Å². The molecule has 0 aromatic heterocycles. The summed E-state index contributed by atoms with van der Waals surface area (Å²) < 4.78 is 5.07. The number of rotatable bonds is 3. The Kier molecular flexibility index (Phi) is 2.94. The SMILES string of the molecule is CCOC(=O)C1(NN)Cc2ccccc2C1. The molecule has 4 nitrogen and oxygen atoms in total. The number of fused-ring (bicyclic) bond motifs is 1. The zero-order valence-electron chi connectivity index (χ0n) is 9.32. The van der Waals surface area contributed by atoms with Gasteiger partial charge >= 0.3 is 5.97 Å². The summed E-state index contributed by atoms with van der Waals surface area (Å²) in [6, 6.07) is 7.98. The quantitative estimate of drug-likeness (QED) is 0.443. The Hall–Kier alpha value is -1.39. The highest BCUT2D eigenvalue weighted by molar-refractivity contribution is 5.83. The maximum absolute atomic E-state index is 11.9. The van der Waals surface area contributed by atoms with Gasteiger partial charge in [0.25, 0.3) is 0 Å². The summed E-state index contributed by atoms with van der Waals surface area (Å²) in [7, 11) is 0. The molecule has 3 N–H and O–H groups in total. The topological polar surface area (TPSA) is 64.3 Å². The average Bonchev–Trinajstić information content (AvgIpc) is 2.69. The van der Waals surface area contributed by atoms with Gasteiger partial charge < -0.3 is 4.74 Å². The number of hydrazine groups is 1. The first kappa shape index (κ1) is 11.1. The standard InChI is InChI=1S/C12H16N2O2/c1-2-16-11(15)12(14-13)7-9-5-3-4-6-10(9)8-12/h3-6,14H,2,7-8,13H2,1H3. The molecule has 16 heavy (non-hydrogen) atoms. The van der Waals surface area contributed by atoms with E-state index in [0.717, 1.165) is 11.1 Å². The summed E-state index contributed by atoms with van der Waals surface area (Å²) in [5.41, 5.74) is 4.18. The number of carbonyl (C=O) groups excluding carboxylic acids is 1. The van der Waals surface area contributed by atoms with Crippen LogP contribution in [-0.2, 0) is 22.4 Å². The number of benzene rings is 1. The third-order valence-corrected chi connectivity index (χ3v) is 3.05. The fourth-order valence-corrected chi connectivity index (χ4v) is 2.19. The highest BCUT2D eigenvalue weighted by Gasteiger charge is 2.44. The Bertz CT molecular complexity index is 379. The molecule has 4 heteroatoms. The fourth-order valence-electron chi connectivity index (χ4n) is 2.19. The second-order valence-electron chi connectivity index (χ2n) is 4.07. The number of esters is 1. The number of hydrogen-bond donors (Lipinski definition) is 2. The largest absolute Gasteiger partial charge is 0.465 e. The van der Waals surface area contributed by atoms with Crippen molar-refractivity contribution in [2.45, 2.75) is 25.3 Å². The zero-order chi connectivity index (χ0) is 11.6. The first-order valence-electron chi connectivity index (χ1n) is 5.43. The number of nitrogens with one attached hydrogen (secondary N) is 1. The Morgan fingerprint density at radius 2 is 2.00 bits per heavy atom. The van der Waals surface area contributed by atoms with Crippen molar-refractivity contribution in [1.82, 2.24) is 5.43 Å². The summed E-state index contributed by atoms with van der Waals surface area (Å²) in [6.07, 6.45) is 1.19. The van der Waals surface area contributed by atoms with Crippen LogP contribution in [0, 0.1) is 0 Å². The van der Waals surface area contributed by atoms with Gasteiger partial charge in [0.15, 0.2) is 0 Å². The molecule has 0 amide bonds. The summed E-state index contributed by atoms with van der Waals surface area (Å²) in [4.78, 5) is 11.9. The lowest BCUT2D eigenvalue weighted by Crippen LogP contribution is -2.57. The Balaban J connectivity index is 2.26. The summed E-state index contributed by atoms with van der Waals surface area (Å²) in [5, 5.41) is 0. The maximum Gasteiger partial charge on any atom is 0.328 e. The Morgan fingerprint density at radius 1 is 1.44 bits per heavy atom. The predicted octanol–water partition coefficient (Wildman–Crippen LogP) is 0.550. The van der Waals surface area contributed by atoms with Crippen molar-refractivity contribution >= 4 is 5.97 Å². The summed E-state index contributed by atoms with van der Waals surface area (Å²) in [6.45, 7) is 2.17. The van der Waals surface area contributed by atoms with E-state index >= 15 is 0 Å². The molecule has 0 radical (unpaired) electrons. The highest BCUT2D eigenvalue weighted by atomic mass is 16.5. The number of hydrogen-bond acceptors (Lipinski definition) is 4. The average molecular weight is 220 g/mol. The van der Waals surface area contributed by atoms with Gasteiger partial charge in [-0.1, -0.05) is 24.3 Å². The molecule has 0 saturated carbocycles. The molecule has 0 fully saturated rings. The van der Waals surface area contributed by atoms with E-state index in [4.69, 9.17) is 10.6 Å². The zero-order valence-corrected chi connectivity index (χ0v) is 9.32. The van der Waals surface area contributed by atoms with Crippen LogP contribution in [0.15, 0.2) is 24.3 Å². The molecule has 0 atom stereocenters. The highest BCUT2D eigenvalue weighted by Crippen LogP contribution is 2.30. The van der Waals surface area contributed by atoms with Crippen molar-refractivity contribution in [2.75, 3.05) is 6.61 Å². The van der Waals surface area contributed by atoms with E-state index in [9.17, 15) is 4.79 Å². The third-order valence-electron chi connectivity index (χ3n) is 3.05. The molecular weight excluding hydrogens is 204 g/mol. The summed E-state index contributed by atoms with van der Waals surface area (Å²) >= 11 is 0. The monoisotopic (exact) mass is 220 g/mol. The van der Waals surface area contributed by atoms with Gasteiger partial charge in [-0.2, -0.15) is 0 Å². The molecule has 1 aliphatic rings. The second-order valence-corrected chi connectivity index (χ2v) is 4.07. The number of nitrogens with two attached hydrogens (primary N) is 1. The van der Waals surface area contributed by atoms with Gasteiger partial charge in [0.05, 0.1) is 6.61 Å². The molecule has 86 valence electrons. The van der Waals surface area contributed by atoms with E-state index in [1.54, 1.807) is 6.92 Å². The van der Waals surface area contributed by atoms with Gasteiger partial charge in [-0.05, 0) is 18.1 Å². The van der Waals surface area contributed by atoms with Gasteiger partial charge in [0.1, 0.15) is 5.54 Å². The molecule has 1 aromatic rings. The molecule has 2 rings (SSSR count). The van der Waals surface area contributed by atoms with E-state index < -0.39 is 5.54 Å². The normalized spacial score (nSPS) is 16.9. The maximum atomic E-state index is 11.9. The molecule has 1 aromatic carbocycles. The third kappa shape index (κ3) is 1.70. The minimum absolute atomic E-state index is 0.270.